The fourth-order valence-corrected chi connectivity index (χ4v) is 4.21. The molecule has 2 aromatic heterocycles. The predicted octanol–water partition coefficient (Wildman–Crippen LogP) is 3.49. The Balaban J connectivity index is 1.41. The van der Waals surface area contributed by atoms with Crippen molar-refractivity contribution in [1.29, 1.82) is 0 Å². The highest BCUT2D eigenvalue weighted by atomic mass is 16.5. The SMILES string of the molecule is O=c1ccc2cnc(Nc3ccc(N4CCCCC4)cc3)nc2n1C1CCOC1. The number of nitrogens with one attached hydrogen (secondary N) is 1. The van der Waals surface area contributed by atoms with Gasteiger partial charge in [0.05, 0.1) is 12.6 Å². The van der Waals surface area contributed by atoms with Gasteiger partial charge in [0.2, 0.25) is 5.95 Å². The lowest BCUT2D eigenvalue weighted by Gasteiger charge is -2.28. The van der Waals surface area contributed by atoms with Gasteiger partial charge in [0.1, 0.15) is 5.65 Å². The van der Waals surface area contributed by atoms with E-state index in [0.29, 0.717) is 24.8 Å². The molecule has 2 fully saturated rings. The second-order valence-electron chi connectivity index (χ2n) is 7.75. The highest BCUT2D eigenvalue weighted by molar-refractivity contribution is 5.76. The normalized spacial score (nSPS) is 19.6. The molecular weight excluding hydrogens is 366 g/mol. The van der Waals surface area contributed by atoms with Gasteiger partial charge in [-0.1, -0.05) is 0 Å². The van der Waals surface area contributed by atoms with E-state index < -0.39 is 0 Å². The van der Waals surface area contributed by atoms with Crippen LogP contribution in [0.5, 0.6) is 0 Å². The summed E-state index contributed by atoms with van der Waals surface area (Å²) in [4.78, 5) is 24.0. The Kier molecular flexibility index (Phi) is 4.89. The van der Waals surface area contributed by atoms with Crippen LogP contribution in [0, 0.1) is 0 Å². The van der Waals surface area contributed by atoms with Gasteiger partial charge >= 0.3 is 0 Å². The number of fused-ring (bicyclic) bond motifs is 1. The zero-order valence-corrected chi connectivity index (χ0v) is 16.4. The lowest BCUT2D eigenvalue weighted by molar-refractivity contribution is 0.186. The highest BCUT2D eigenvalue weighted by Crippen LogP contribution is 2.25. The van der Waals surface area contributed by atoms with Crippen LogP contribution in [0.15, 0.2) is 47.4 Å². The van der Waals surface area contributed by atoms with Crippen LogP contribution in [0.3, 0.4) is 0 Å². The van der Waals surface area contributed by atoms with E-state index in [1.54, 1.807) is 22.9 Å². The molecule has 3 aromatic rings. The largest absolute Gasteiger partial charge is 0.379 e. The summed E-state index contributed by atoms with van der Waals surface area (Å²) < 4.78 is 7.22. The number of rotatable bonds is 4. The van der Waals surface area contributed by atoms with Crippen LogP contribution >= 0.6 is 0 Å². The molecule has 0 spiro atoms. The lowest BCUT2D eigenvalue weighted by atomic mass is 10.1. The van der Waals surface area contributed by atoms with E-state index in [1.807, 2.05) is 0 Å². The molecule has 4 heterocycles. The third kappa shape index (κ3) is 3.70. The minimum absolute atomic E-state index is 0.0257. The number of anilines is 3. The average molecular weight is 391 g/mol. The van der Waals surface area contributed by atoms with Crippen LogP contribution in [0.25, 0.3) is 11.0 Å². The van der Waals surface area contributed by atoms with Crippen molar-refractivity contribution < 1.29 is 4.74 Å². The van der Waals surface area contributed by atoms with E-state index in [0.717, 1.165) is 30.6 Å². The summed E-state index contributed by atoms with van der Waals surface area (Å²) in [7, 11) is 0. The van der Waals surface area contributed by atoms with E-state index in [9.17, 15) is 4.79 Å². The Morgan fingerprint density at radius 3 is 2.62 bits per heavy atom. The average Bonchev–Trinajstić information content (AvgIpc) is 3.29. The summed E-state index contributed by atoms with van der Waals surface area (Å²) in [6, 6.07) is 11.8. The van der Waals surface area contributed by atoms with Gasteiger partial charge in [0.25, 0.3) is 5.56 Å². The zero-order chi connectivity index (χ0) is 19.6. The molecule has 7 nitrogen and oxygen atoms in total. The van der Waals surface area contributed by atoms with E-state index in [1.165, 1.54) is 24.9 Å². The summed E-state index contributed by atoms with van der Waals surface area (Å²) in [6.45, 7) is 3.47. The molecule has 150 valence electrons. The first-order valence-electron chi connectivity index (χ1n) is 10.4. The number of aromatic nitrogens is 3. The van der Waals surface area contributed by atoms with Gasteiger partial charge in [-0.05, 0) is 56.0 Å². The molecule has 2 aliphatic heterocycles. The molecule has 0 saturated carbocycles. The first-order chi connectivity index (χ1) is 14.3. The van der Waals surface area contributed by atoms with Crippen molar-refractivity contribution in [2.24, 2.45) is 0 Å². The number of ether oxygens (including phenoxy) is 1. The van der Waals surface area contributed by atoms with Crippen LogP contribution in [0.4, 0.5) is 17.3 Å². The van der Waals surface area contributed by atoms with Crippen LogP contribution in [-0.4, -0.2) is 40.8 Å². The standard InChI is InChI=1S/C22H25N5O2/c28-20-9-4-16-14-23-22(25-21(16)27(20)19-10-13-29-15-19)24-17-5-7-18(8-6-17)26-11-2-1-3-12-26/h4-9,14,19H,1-3,10-13,15H2,(H,23,24,25). The Morgan fingerprint density at radius 2 is 1.86 bits per heavy atom. The third-order valence-corrected chi connectivity index (χ3v) is 5.78. The summed E-state index contributed by atoms with van der Waals surface area (Å²) in [5.41, 5.74) is 2.78. The molecule has 1 unspecified atom stereocenters. The molecule has 5 rings (SSSR count). The van der Waals surface area contributed by atoms with Crippen molar-refractivity contribution in [1.82, 2.24) is 14.5 Å². The molecule has 7 heteroatoms. The molecule has 1 atom stereocenters. The summed E-state index contributed by atoms with van der Waals surface area (Å²) in [5.74, 6) is 0.487. The lowest BCUT2D eigenvalue weighted by Crippen LogP contribution is -2.29. The van der Waals surface area contributed by atoms with Gasteiger partial charge < -0.3 is 15.0 Å². The fourth-order valence-electron chi connectivity index (χ4n) is 4.21. The van der Waals surface area contributed by atoms with Gasteiger partial charge in [-0.25, -0.2) is 4.98 Å². The molecule has 2 saturated heterocycles. The zero-order valence-electron chi connectivity index (χ0n) is 16.4. The molecule has 0 bridgehead atoms. The van der Waals surface area contributed by atoms with E-state index in [4.69, 9.17) is 4.74 Å². The van der Waals surface area contributed by atoms with E-state index >= 15 is 0 Å². The van der Waals surface area contributed by atoms with Crippen molar-refractivity contribution in [2.45, 2.75) is 31.7 Å². The second kappa shape index (κ2) is 7.83. The predicted molar refractivity (Wildman–Crippen MR) is 114 cm³/mol. The molecule has 0 aliphatic carbocycles. The second-order valence-corrected chi connectivity index (χ2v) is 7.75. The molecule has 0 amide bonds. The maximum Gasteiger partial charge on any atom is 0.252 e. The topological polar surface area (TPSA) is 72.3 Å². The van der Waals surface area contributed by atoms with E-state index in [2.05, 4.69) is 44.5 Å². The van der Waals surface area contributed by atoms with Crippen molar-refractivity contribution in [3.63, 3.8) is 0 Å². The van der Waals surface area contributed by atoms with Gasteiger partial charge in [0, 0.05) is 48.7 Å². The monoisotopic (exact) mass is 391 g/mol. The summed E-state index contributed by atoms with van der Waals surface area (Å²) >= 11 is 0. The van der Waals surface area contributed by atoms with Crippen LogP contribution in [-0.2, 0) is 4.74 Å². The molecule has 1 N–H and O–H groups in total. The third-order valence-electron chi connectivity index (χ3n) is 5.78. The first-order valence-corrected chi connectivity index (χ1v) is 10.4. The Bertz CT molecular complexity index is 1050. The minimum Gasteiger partial charge on any atom is -0.379 e. The van der Waals surface area contributed by atoms with Gasteiger partial charge in [-0.3, -0.25) is 9.36 Å². The molecule has 2 aliphatic rings. The Morgan fingerprint density at radius 1 is 1.03 bits per heavy atom. The van der Waals surface area contributed by atoms with Crippen molar-refractivity contribution in [3.8, 4) is 0 Å². The smallest absolute Gasteiger partial charge is 0.252 e. The molecule has 29 heavy (non-hydrogen) atoms. The Hall–Kier alpha value is -2.93. The maximum atomic E-state index is 12.5. The van der Waals surface area contributed by atoms with Crippen LogP contribution < -0.4 is 15.8 Å². The Labute approximate surface area is 169 Å². The number of benzene rings is 1. The number of nitrogens with zero attached hydrogens (tertiary/aromatic N) is 4. The maximum absolute atomic E-state index is 12.5. The first kappa shape index (κ1) is 18.1. The number of hydrogen-bond acceptors (Lipinski definition) is 6. The van der Waals surface area contributed by atoms with Crippen molar-refractivity contribution in [2.75, 3.05) is 36.5 Å². The van der Waals surface area contributed by atoms with Crippen LogP contribution in [0.1, 0.15) is 31.7 Å². The summed E-state index contributed by atoms with van der Waals surface area (Å²) in [5, 5.41) is 4.13. The highest BCUT2D eigenvalue weighted by Gasteiger charge is 2.21. The van der Waals surface area contributed by atoms with Crippen molar-refractivity contribution in [3.05, 3.63) is 52.9 Å². The van der Waals surface area contributed by atoms with E-state index in [-0.39, 0.29) is 11.6 Å². The fraction of sp³-hybridized carbons (Fsp3) is 0.409. The molecule has 1 aromatic carbocycles. The van der Waals surface area contributed by atoms with Crippen LogP contribution in [0.2, 0.25) is 0 Å². The number of pyridine rings is 1. The molecule has 0 radical (unpaired) electrons. The number of hydrogen-bond donors (Lipinski definition) is 1. The molecular formula is C22H25N5O2. The summed E-state index contributed by atoms with van der Waals surface area (Å²) in [6.07, 6.45) is 6.44. The van der Waals surface area contributed by atoms with Gasteiger partial charge in [0.15, 0.2) is 0 Å². The van der Waals surface area contributed by atoms with Gasteiger partial charge in [-0.15, -0.1) is 0 Å². The minimum atomic E-state index is -0.0523. The quantitative estimate of drug-likeness (QED) is 0.734. The van der Waals surface area contributed by atoms with Crippen molar-refractivity contribution >= 4 is 28.4 Å². The van der Waals surface area contributed by atoms with Gasteiger partial charge in [-0.2, -0.15) is 4.98 Å². The number of piperidine rings is 1.